The molecule has 0 amide bonds. The van der Waals surface area contributed by atoms with Gasteiger partial charge in [0.25, 0.3) is 5.88 Å². The van der Waals surface area contributed by atoms with Crippen molar-refractivity contribution in [3.8, 4) is 22.8 Å². The van der Waals surface area contributed by atoms with Gasteiger partial charge in [0.1, 0.15) is 17.9 Å². The lowest BCUT2D eigenvalue weighted by molar-refractivity contribution is -0.112. The van der Waals surface area contributed by atoms with E-state index in [0.717, 1.165) is 81.9 Å². The number of nitrogens with zero attached hydrogens (tertiary/aromatic N) is 7. The second kappa shape index (κ2) is 11.4. The van der Waals surface area contributed by atoms with Crippen LogP contribution in [-0.2, 0) is 4.74 Å². The highest BCUT2D eigenvalue weighted by molar-refractivity contribution is 5.74. The molecule has 4 saturated heterocycles. The van der Waals surface area contributed by atoms with Crippen LogP contribution in [0.4, 0.5) is 10.2 Å². The van der Waals surface area contributed by atoms with Gasteiger partial charge < -0.3 is 14.4 Å². The standard InChI is InChI=1S/C37H46FN7O2/c1-24(2)33(26-14-28(15-26)43-12-10-37(20-43)21-46-22-37)45-18-36(19-45)9-13-44(17-36)34-35(42-41-23-40-34)47-31-8-7-27(38)16-30(31)29-4-3-11-39-32(29)25-5-6-25/h3-4,7-8,11,16,23-26,28,33H,5-6,9-10,12-15,17-22H2,1-2H3/t26?,28?,33-/m0/s1. The average Bonchev–Trinajstić information content (AvgIpc) is 3.60. The molecule has 248 valence electrons. The molecule has 2 spiro atoms. The van der Waals surface area contributed by atoms with Crippen LogP contribution in [0.3, 0.4) is 0 Å². The Kier molecular flexibility index (Phi) is 7.28. The summed E-state index contributed by atoms with van der Waals surface area (Å²) in [6.45, 7) is 13.4. The van der Waals surface area contributed by atoms with Crippen molar-refractivity contribution in [1.82, 2.24) is 30.0 Å². The lowest BCUT2D eigenvalue weighted by Crippen LogP contribution is -2.65. The maximum absolute atomic E-state index is 14.6. The van der Waals surface area contributed by atoms with Crippen LogP contribution in [0.1, 0.15) is 64.0 Å². The summed E-state index contributed by atoms with van der Waals surface area (Å²) < 4.78 is 26.6. The third-order valence-electron chi connectivity index (χ3n) is 12.2. The summed E-state index contributed by atoms with van der Waals surface area (Å²) in [5.74, 6) is 3.16. The highest BCUT2D eigenvalue weighted by atomic mass is 19.1. The fraction of sp³-hybridized carbons (Fsp3) is 0.622. The largest absolute Gasteiger partial charge is 0.434 e. The van der Waals surface area contributed by atoms with Crippen molar-refractivity contribution in [2.75, 3.05) is 57.4 Å². The molecule has 6 aliphatic rings. The second-order valence-electron chi connectivity index (χ2n) is 16.0. The lowest BCUT2D eigenvalue weighted by Gasteiger charge is -2.57. The van der Waals surface area contributed by atoms with E-state index in [9.17, 15) is 4.39 Å². The molecule has 9 rings (SSSR count). The van der Waals surface area contributed by atoms with E-state index in [4.69, 9.17) is 9.47 Å². The Morgan fingerprint density at radius 1 is 0.957 bits per heavy atom. The molecule has 9 nitrogen and oxygen atoms in total. The van der Waals surface area contributed by atoms with Crippen molar-refractivity contribution in [1.29, 1.82) is 0 Å². The van der Waals surface area contributed by atoms with Gasteiger partial charge in [-0.2, -0.15) is 0 Å². The topological polar surface area (TPSA) is 79.7 Å². The number of hydrogen-bond acceptors (Lipinski definition) is 9. The van der Waals surface area contributed by atoms with Crippen molar-refractivity contribution < 1.29 is 13.9 Å². The average molecular weight is 640 g/mol. The van der Waals surface area contributed by atoms with E-state index >= 15 is 0 Å². The van der Waals surface area contributed by atoms with Crippen LogP contribution in [-0.4, -0.2) is 94.5 Å². The van der Waals surface area contributed by atoms with Crippen LogP contribution in [0.2, 0.25) is 0 Å². The molecule has 47 heavy (non-hydrogen) atoms. The molecule has 0 bridgehead atoms. The van der Waals surface area contributed by atoms with Crippen molar-refractivity contribution in [3.05, 3.63) is 54.4 Å². The van der Waals surface area contributed by atoms with E-state index in [2.05, 4.69) is 48.7 Å². The number of likely N-dealkylation sites (tertiary alicyclic amines) is 2. The first-order valence-electron chi connectivity index (χ1n) is 17.8. The van der Waals surface area contributed by atoms with Crippen molar-refractivity contribution in [2.24, 2.45) is 22.7 Å². The molecule has 10 heteroatoms. The zero-order valence-corrected chi connectivity index (χ0v) is 27.7. The smallest absolute Gasteiger partial charge is 0.282 e. The molecule has 4 aliphatic heterocycles. The van der Waals surface area contributed by atoms with Gasteiger partial charge in [-0.15, -0.1) is 10.2 Å². The van der Waals surface area contributed by atoms with Crippen molar-refractivity contribution >= 4 is 5.82 Å². The minimum absolute atomic E-state index is 0.264. The van der Waals surface area contributed by atoms with E-state index in [-0.39, 0.29) is 11.2 Å². The Balaban J connectivity index is 0.870. The molecule has 0 radical (unpaired) electrons. The number of aromatic nitrogens is 4. The van der Waals surface area contributed by atoms with Gasteiger partial charge in [0.05, 0.1) is 18.9 Å². The Morgan fingerprint density at radius 2 is 1.79 bits per heavy atom. The van der Waals surface area contributed by atoms with Crippen LogP contribution in [0.25, 0.3) is 11.1 Å². The van der Waals surface area contributed by atoms with Crippen molar-refractivity contribution in [2.45, 2.75) is 70.4 Å². The number of halogens is 1. The van der Waals surface area contributed by atoms with E-state index in [1.807, 2.05) is 18.3 Å². The van der Waals surface area contributed by atoms with E-state index < -0.39 is 0 Å². The highest BCUT2D eigenvalue weighted by Crippen LogP contribution is 2.50. The molecule has 6 heterocycles. The highest BCUT2D eigenvalue weighted by Gasteiger charge is 2.54. The minimum Gasteiger partial charge on any atom is -0.434 e. The molecule has 2 aromatic heterocycles. The van der Waals surface area contributed by atoms with Gasteiger partial charge in [-0.25, -0.2) is 9.37 Å². The monoisotopic (exact) mass is 639 g/mol. The van der Waals surface area contributed by atoms with E-state index in [1.165, 1.54) is 50.8 Å². The predicted octanol–water partition coefficient (Wildman–Crippen LogP) is 5.78. The van der Waals surface area contributed by atoms with Crippen LogP contribution in [0.15, 0.2) is 42.9 Å². The van der Waals surface area contributed by atoms with Gasteiger partial charge in [0.2, 0.25) is 0 Å². The summed E-state index contributed by atoms with van der Waals surface area (Å²) in [6, 6.07) is 9.98. The quantitative estimate of drug-likeness (QED) is 0.290. The van der Waals surface area contributed by atoms with Gasteiger partial charge in [0.15, 0.2) is 5.82 Å². The van der Waals surface area contributed by atoms with Crippen LogP contribution >= 0.6 is 0 Å². The van der Waals surface area contributed by atoms with Crippen LogP contribution < -0.4 is 9.64 Å². The van der Waals surface area contributed by atoms with Gasteiger partial charge >= 0.3 is 0 Å². The molecular weight excluding hydrogens is 593 g/mol. The predicted molar refractivity (Wildman–Crippen MR) is 177 cm³/mol. The molecule has 0 N–H and O–H groups in total. The Hall–Kier alpha value is -3.21. The number of pyridine rings is 1. The van der Waals surface area contributed by atoms with E-state index in [1.54, 1.807) is 6.07 Å². The normalized spacial score (nSPS) is 27.2. The Labute approximate surface area is 276 Å². The minimum atomic E-state index is -0.309. The number of anilines is 1. The first kappa shape index (κ1) is 29.9. The number of rotatable bonds is 9. The first-order valence-corrected chi connectivity index (χ1v) is 17.8. The number of hydrogen-bond donors (Lipinski definition) is 0. The van der Waals surface area contributed by atoms with E-state index in [0.29, 0.717) is 46.3 Å². The fourth-order valence-electron chi connectivity index (χ4n) is 9.55. The molecule has 1 atom stereocenters. The first-order chi connectivity index (χ1) is 22.9. The Bertz CT molecular complexity index is 1630. The number of ether oxygens (including phenoxy) is 2. The maximum Gasteiger partial charge on any atom is 0.282 e. The lowest BCUT2D eigenvalue weighted by atomic mass is 9.68. The summed E-state index contributed by atoms with van der Waals surface area (Å²) in [5.41, 5.74) is 3.34. The maximum atomic E-state index is 14.6. The van der Waals surface area contributed by atoms with Crippen LogP contribution in [0, 0.1) is 28.5 Å². The molecule has 3 aromatic rings. The molecular formula is C37H46FN7O2. The summed E-state index contributed by atoms with van der Waals surface area (Å²) in [5, 5.41) is 8.48. The summed E-state index contributed by atoms with van der Waals surface area (Å²) in [7, 11) is 0. The summed E-state index contributed by atoms with van der Waals surface area (Å²) in [6.07, 6.45) is 10.7. The van der Waals surface area contributed by atoms with Gasteiger partial charge in [-0.3, -0.25) is 14.8 Å². The second-order valence-corrected chi connectivity index (χ2v) is 16.0. The number of benzene rings is 1. The van der Waals surface area contributed by atoms with Gasteiger partial charge in [-0.05, 0) is 81.2 Å². The van der Waals surface area contributed by atoms with Gasteiger partial charge in [0, 0.05) is 78.9 Å². The fourth-order valence-corrected chi connectivity index (χ4v) is 9.55. The summed E-state index contributed by atoms with van der Waals surface area (Å²) >= 11 is 0. The van der Waals surface area contributed by atoms with Gasteiger partial charge in [-0.1, -0.05) is 19.9 Å². The molecule has 0 unspecified atom stereocenters. The van der Waals surface area contributed by atoms with Crippen LogP contribution in [0.5, 0.6) is 11.6 Å². The SMILES string of the molecule is CC(C)[C@@H](C1CC(N2CCC3(COC3)C2)C1)N1CC2(CCN(c3ncnnc3Oc3ccc(F)cc3-c3cccnc3C3CC3)C2)C1. The third-order valence-corrected chi connectivity index (χ3v) is 12.2. The zero-order valence-electron chi connectivity index (χ0n) is 27.7. The molecule has 2 saturated carbocycles. The molecule has 1 aromatic carbocycles. The molecule has 2 aliphatic carbocycles. The third kappa shape index (κ3) is 5.40. The van der Waals surface area contributed by atoms with Crippen molar-refractivity contribution in [3.63, 3.8) is 0 Å². The summed E-state index contributed by atoms with van der Waals surface area (Å²) in [4.78, 5) is 17.2. The Morgan fingerprint density at radius 3 is 2.53 bits per heavy atom. The molecule has 6 fully saturated rings. The zero-order chi connectivity index (χ0) is 31.8.